The second-order valence-corrected chi connectivity index (χ2v) is 6.86. The molecule has 0 atom stereocenters. The van der Waals surface area contributed by atoms with Crippen LogP contribution in [0.5, 0.6) is 0 Å². The number of anilines is 2. The first-order valence-electron chi connectivity index (χ1n) is 9.17. The van der Waals surface area contributed by atoms with E-state index in [0.717, 1.165) is 35.7 Å². The molecule has 1 amide bonds. The second-order valence-electron chi connectivity index (χ2n) is 6.86. The lowest BCUT2D eigenvalue weighted by atomic mass is 10.1. The molecule has 1 aliphatic heterocycles. The predicted octanol–water partition coefficient (Wildman–Crippen LogP) is 2.75. The monoisotopic (exact) mass is 362 g/mol. The molecule has 138 valence electrons. The zero-order valence-electron chi connectivity index (χ0n) is 15.3. The molecule has 0 saturated carbocycles. The molecule has 27 heavy (non-hydrogen) atoms. The number of amides is 1. The first-order valence-corrected chi connectivity index (χ1v) is 9.17. The van der Waals surface area contributed by atoms with Gasteiger partial charge in [0, 0.05) is 13.1 Å². The van der Waals surface area contributed by atoms with Gasteiger partial charge in [-0.05, 0) is 54.0 Å². The molecular weight excluding hydrogens is 340 g/mol. The number of tetrazole rings is 1. The van der Waals surface area contributed by atoms with Gasteiger partial charge >= 0.3 is 0 Å². The number of hydrogen-bond donors (Lipinski definition) is 1. The van der Waals surface area contributed by atoms with E-state index in [2.05, 4.69) is 25.7 Å². The molecule has 2 aromatic carbocycles. The molecule has 0 aliphatic carbocycles. The first kappa shape index (κ1) is 17.2. The van der Waals surface area contributed by atoms with E-state index in [0.29, 0.717) is 6.42 Å². The van der Waals surface area contributed by atoms with Crippen molar-refractivity contribution in [1.29, 1.82) is 0 Å². The second kappa shape index (κ2) is 7.57. The third kappa shape index (κ3) is 3.97. The van der Waals surface area contributed by atoms with Gasteiger partial charge < -0.3 is 10.2 Å². The van der Waals surface area contributed by atoms with E-state index in [9.17, 15) is 4.79 Å². The molecule has 1 fully saturated rings. The average Bonchev–Trinajstić information content (AvgIpc) is 3.37. The number of hydrogen-bond acceptors (Lipinski definition) is 5. The Morgan fingerprint density at radius 2 is 1.89 bits per heavy atom. The highest BCUT2D eigenvalue weighted by molar-refractivity contribution is 5.96. The van der Waals surface area contributed by atoms with Crippen LogP contribution in [0.15, 0.2) is 48.8 Å². The Labute approximate surface area is 158 Å². The smallest absolute Gasteiger partial charge is 0.228 e. The molecule has 1 N–H and O–H groups in total. The summed E-state index contributed by atoms with van der Waals surface area (Å²) in [5.74, 6) is -0.0341. The number of carbonyl (C=O) groups is 1. The summed E-state index contributed by atoms with van der Waals surface area (Å²) in [5.41, 5.74) is 4.83. The molecule has 0 unspecified atom stereocenters. The van der Waals surface area contributed by atoms with Crippen LogP contribution in [0.25, 0.3) is 5.69 Å². The maximum atomic E-state index is 12.7. The fraction of sp³-hybridized carbons (Fsp3) is 0.300. The molecule has 1 aromatic heterocycles. The largest absolute Gasteiger partial charge is 0.370 e. The number of nitrogens with one attached hydrogen (secondary N) is 1. The minimum atomic E-state index is -0.0341. The van der Waals surface area contributed by atoms with Gasteiger partial charge in [0.25, 0.3) is 0 Å². The lowest BCUT2D eigenvalue weighted by Gasteiger charge is -2.22. The zero-order chi connectivity index (χ0) is 18.6. The number of rotatable bonds is 5. The van der Waals surface area contributed by atoms with Crippen LogP contribution in [0.3, 0.4) is 0 Å². The highest BCUT2D eigenvalue weighted by Gasteiger charge is 2.18. The Morgan fingerprint density at radius 1 is 1.11 bits per heavy atom. The molecule has 7 nitrogen and oxygen atoms in total. The Bertz CT molecular complexity index is 914. The highest BCUT2D eigenvalue weighted by Crippen LogP contribution is 2.31. The van der Waals surface area contributed by atoms with Crippen molar-refractivity contribution >= 4 is 17.3 Å². The summed E-state index contributed by atoms with van der Waals surface area (Å²) in [6.45, 7) is 4.05. The highest BCUT2D eigenvalue weighted by atomic mass is 16.1. The Balaban J connectivity index is 1.59. The normalized spacial score (nSPS) is 13.7. The van der Waals surface area contributed by atoms with Gasteiger partial charge in [-0.3, -0.25) is 4.79 Å². The fourth-order valence-corrected chi connectivity index (χ4v) is 3.37. The van der Waals surface area contributed by atoms with Gasteiger partial charge in [0.2, 0.25) is 5.91 Å². The minimum absolute atomic E-state index is 0.0341. The van der Waals surface area contributed by atoms with Crippen LogP contribution in [-0.2, 0) is 11.2 Å². The lowest BCUT2D eigenvalue weighted by molar-refractivity contribution is -0.115. The van der Waals surface area contributed by atoms with Crippen LogP contribution in [0.2, 0.25) is 0 Å². The van der Waals surface area contributed by atoms with Crippen molar-refractivity contribution < 1.29 is 4.79 Å². The molecule has 4 rings (SSSR count). The van der Waals surface area contributed by atoms with Crippen molar-refractivity contribution in [2.24, 2.45) is 0 Å². The maximum absolute atomic E-state index is 12.7. The van der Waals surface area contributed by atoms with Crippen LogP contribution in [0.4, 0.5) is 11.4 Å². The summed E-state index contributed by atoms with van der Waals surface area (Å²) < 4.78 is 1.59. The van der Waals surface area contributed by atoms with Gasteiger partial charge in [0.1, 0.15) is 6.33 Å². The van der Waals surface area contributed by atoms with E-state index in [4.69, 9.17) is 0 Å². The van der Waals surface area contributed by atoms with Crippen molar-refractivity contribution in [2.45, 2.75) is 26.2 Å². The number of benzene rings is 2. The molecule has 0 radical (unpaired) electrons. The SMILES string of the molecule is Cc1ccc(CC(=O)Nc2cc(-n3cnnn3)ccc2N2CCCC2)cc1. The topological polar surface area (TPSA) is 75.9 Å². The van der Waals surface area contributed by atoms with E-state index >= 15 is 0 Å². The number of carbonyl (C=O) groups excluding carboxylic acids is 1. The number of aryl methyl sites for hydroxylation is 1. The quantitative estimate of drug-likeness (QED) is 0.755. The van der Waals surface area contributed by atoms with Crippen LogP contribution in [0.1, 0.15) is 24.0 Å². The molecular formula is C20H22N6O. The zero-order valence-corrected chi connectivity index (χ0v) is 15.3. The summed E-state index contributed by atoms with van der Waals surface area (Å²) in [4.78, 5) is 15.0. The molecule has 1 aliphatic rings. The first-order chi connectivity index (χ1) is 13.2. The summed E-state index contributed by atoms with van der Waals surface area (Å²) >= 11 is 0. The van der Waals surface area contributed by atoms with E-state index < -0.39 is 0 Å². The van der Waals surface area contributed by atoms with Crippen molar-refractivity contribution in [3.8, 4) is 5.69 Å². The van der Waals surface area contributed by atoms with Gasteiger partial charge in [-0.15, -0.1) is 5.10 Å². The van der Waals surface area contributed by atoms with E-state index in [1.165, 1.54) is 18.4 Å². The van der Waals surface area contributed by atoms with Crippen molar-refractivity contribution in [3.63, 3.8) is 0 Å². The molecule has 3 aromatic rings. The van der Waals surface area contributed by atoms with Crippen molar-refractivity contribution in [1.82, 2.24) is 20.2 Å². The van der Waals surface area contributed by atoms with E-state index in [1.807, 2.05) is 49.4 Å². The Kier molecular flexibility index (Phi) is 4.82. The fourth-order valence-electron chi connectivity index (χ4n) is 3.37. The van der Waals surface area contributed by atoms with Crippen molar-refractivity contribution in [3.05, 3.63) is 59.9 Å². The van der Waals surface area contributed by atoms with Crippen LogP contribution in [-0.4, -0.2) is 39.2 Å². The minimum Gasteiger partial charge on any atom is -0.370 e. The Hall–Kier alpha value is -3.22. The predicted molar refractivity (Wildman–Crippen MR) is 104 cm³/mol. The molecule has 2 heterocycles. The number of aromatic nitrogens is 4. The van der Waals surface area contributed by atoms with Gasteiger partial charge in [-0.2, -0.15) is 0 Å². The molecule has 7 heteroatoms. The van der Waals surface area contributed by atoms with Crippen LogP contribution in [0, 0.1) is 6.92 Å². The summed E-state index contributed by atoms with van der Waals surface area (Å²) in [6.07, 6.45) is 4.23. The van der Waals surface area contributed by atoms with Gasteiger partial charge in [-0.1, -0.05) is 29.8 Å². The van der Waals surface area contributed by atoms with Crippen LogP contribution < -0.4 is 10.2 Å². The summed E-state index contributed by atoms with van der Waals surface area (Å²) in [7, 11) is 0. The number of nitrogens with zero attached hydrogens (tertiary/aromatic N) is 5. The summed E-state index contributed by atoms with van der Waals surface area (Å²) in [6, 6.07) is 14.0. The third-order valence-electron chi connectivity index (χ3n) is 4.80. The molecule has 1 saturated heterocycles. The lowest BCUT2D eigenvalue weighted by Crippen LogP contribution is -2.22. The van der Waals surface area contributed by atoms with Gasteiger partial charge in [0.15, 0.2) is 0 Å². The Morgan fingerprint density at radius 3 is 2.59 bits per heavy atom. The van der Waals surface area contributed by atoms with Crippen molar-refractivity contribution in [2.75, 3.05) is 23.3 Å². The summed E-state index contributed by atoms with van der Waals surface area (Å²) in [5, 5.41) is 14.4. The van der Waals surface area contributed by atoms with Gasteiger partial charge in [-0.25, -0.2) is 4.68 Å². The maximum Gasteiger partial charge on any atom is 0.228 e. The molecule has 0 bridgehead atoms. The van der Waals surface area contributed by atoms with Gasteiger partial charge in [0.05, 0.1) is 23.5 Å². The van der Waals surface area contributed by atoms with E-state index in [1.54, 1.807) is 11.0 Å². The van der Waals surface area contributed by atoms with Crippen LogP contribution >= 0.6 is 0 Å². The standard InChI is InChI=1S/C20H22N6O/c1-15-4-6-16(7-5-15)12-20(27)22-18-13-17(26-14-21-23-24-26)8-9-19(18)25-10-2-3-11-25/h4-9,13-14H,2-3,10-12H2,1H3,(H,22,27). The van der Waals surface area contributed by atoms with E-state index in [-0.39, 0.29) is 5.91 Å². The molecule has 0 spiro atoms. The average molecular weight is 362 g/mol. The third-order valence-corrected chi connectivity index (χ3v) is 4.80.